The van der Waals surface area contributed by atoms with Crippen molar-refractivity contribution >= 4 is 15.9 Å². The molecule has 0 bridgehead atoms. The lowest BCUT2D eigenvalue weighted by Crippen LogP contribution is -2.00. The number of hydrogen-bond donors (Lipinski definition) is 0. The molecule has 0 amide bonds. The molecule has 0 spiro atoms. The summed E-state index contributed by atoms with van der Waals surface area (Å²) >= 11 is 3.55. The van der Waals surface area contributed by atoms with E-state index in [1.165, 1.54) is 0 Å². The fourth-order valence-electron chi connectivity index (χ4n) is 2.55. The lowest BCUT2D eigenvalue weighted by molar-refractivity contribution is 0.333. The fraction of sp³-hybridized carbons (Fsp3) is 0.333. The number of ether oxygens (including phenoxy) is 3. The van der Waals surface area contributed by atoms with E-state index in [-0.39, 0.29) is 0 Å². The summed E-state index contributed by atoms with van der Waals surface area (Å²) in [5, 5.41) is 0. The van der Waals surface area contributed by atoms with Gasteiger partial charge in [0.2, 0.25) is 5.75 Å². The largest absolute Gasteiger partial charge is 0.492 e. The van der Waals surface area contributed by atoms with Gasteiger partial charge >= 0.3 is 0 Å². The Morgan fingerprint density at radius 3 is 1.91 bits per heavy atom. The van der Waals surface area contributed by atoms with Gasteiger partial charge in [-0.25, -0.2) is 0 Å². The highest BCUT2D eigenvalue weighted by molar-refractivity contribution is 9.10. The molecule has 3 nitrogen and oxygen atoms in total. The van der Waals surface area contributed by atoms with Crippen LogP contribution in [0.4, 0.5) is 0 Å². The highest BCUT2D eigenvalue weighted by Gasteiger charge is 2.19. The summed E-state index contributed by atoms with van der Waals surface area (Å²) in [5.41, 5.74) is 4.16. The van der Waals surface area contributed by atoms with Gasteiger partial charge in [0.05, 0.1) is 14.2 Å². The van der Waals surface area contributed by atoms with Crippen LogP contribution in [0.25, 0.3) is 0 Å². The minimum Gasteiger partial charge on any atom is -0.492 e. The molecule has 2 aromatic carbocycles. The van der Waals surface area contributed by atoms with E-state index in [1.807, 2.05) is 45.9 Å². The molecule has 0 aromatic heterocycles. The maximum atomic E-state index is 6.24. The van der Waals surface area contributed by atoms with Crippen molar-refractivity contribution in [3.05, 3.63) is 44.9 Å². The third-order valence-corrected chi connectivity index (χ3v) is 4.57. The second-order valence-corrected chi connectivity index (χ2v) is 6.18. The Labute approximate surface area is 140 Å². The summed E-state index contributed by atoms with van der Waals surface area (Å²) in [6, 6.07) is 6.09. The van der Waals surface area contributed by atoms with Crippen LogP contribution in [0, 0.1) is 27.7 Å². The monoisotopic (exact) mass is 364 g/mol. The number of hydrogen-bond acceptors (Lipinski definition) is 3. The zero-order chi connectivity index (χ0) is 16.4. The number of halogens is 1. The predicted molar refractivity (Wildman–Crippen MR) is 92.7 cm³/mol. The molecule has 0 N–H and O–H groups in total. The Morgan fingerprint density at radius 1 is 0.727 bits per heavy atom. The summed E-state index contributed by atoms with van der Waals surface area (Å²) in [5.74, 6) is 2.85. The van der Waals surface area contributed by atoms with E-state index in [9.17, 15) is 0 Å². The van der Waals surface area contributed by atoms with Gasteiger partial charge in [-0.15, -0.1) is 0 Å². The molecular weight excluding hydrogens is 344 g/mol. The van der Waals surface area contributed by atoms with E-state index in [4.69, 9.17) is 14.2 Å². The first-order chi connectivity index (χ1) is 10.4. The average molecular weight is 365 g/mol. The Bertz CT molecular complexity index is 708. The van der Waals surface area contributed by atoms with Crippen LogP contribution in [0.2, 0.25) is 0 Å². The molecule has 0 unspecified atom stereocenters. The smallest absolute Gasteiger partial charge is 0.204 e. The molecule has 0 radical (unpaired) electrons. The number of rotatable bonds is 4. The first-order valence-electron chi connectivity index (χ1n) is 7.06. The average Bonchev–Trinajstić information content (AvgIpc) is 2.48. The zero-order valence-corrected chi connectivity index (χ0v) is 15.4. The Kier molecular flexibility index (Phi) is 5.01. The molecule has 0 fully saturated rings. The van der Waals surface area contributed by atoms with Gasteiger partial charge in [0.1, 0.15) is 5.75 Å². The Hall–Kier alpha value is -1.68. The summed E-state index contributed by atoms with van der Waals surface area (Å²) in [4.78, 5) is 0. The number of benzene rings is 2. The SMILES string of the molecule is COc1c(C)cc(C)c(Oc2c(C)ccc(Br)c2C)c1OC. The molecule has 0 atom stereocenters. The first kappa shape index (κ1) is 16.7. The van der Waals surface area contributed by atoms with Gasteiger partial charge in [-0.2, -0.15) is 0 Å². The molecular formula is C18H21BrO3. The summed E-state index contributed by atoms with van der Waals surface area (Å²) in [6.45, 7) is 8.06. The van der Waals surface area contributed by atoms with Crippen molar-refractivity contribution in [1.29, 1.82) is 0 Å². The minimum absolute atomic E-state index is 0.624. The highest BCUT2D eigenvalue weighted by atomic mass is 79.9. The van der Waals surface area contributed by atoms with Gasteiger partial charge in [0.25, 0.3) is 0 Å². The van der Waals surface area contributed by atoms with Crippen molar-refractivity contribution in [2.75, 3.05) is 14.2 Å². The van der Waals surface area contributed by atoms with Gasteiger partial charge in [-0.05, 0) is 56.5 Å². The number of aryl methyl sites for hydroxylation is 3. The summed E-state index contributed by atoms with van der Waals surface area (Å²) in [6.07, 6.45) is 0. The lowest BCUT2D eigenvalue weighted by Gasteiger charge is -2.20. The number of methoxy groups -OCH3 is 2. The molecule has 0 aliphatic carbocycles. The topological polar surface area (TPSA) is 27.7 Å². The molecule has 2 aromatic rings. The van der Waals surface area contributed by atoms with E-state index >= 15 is 0 Å². The van der Waals surface area contributed by atoms with Gasteiger partial charge in [0.15, 0.2) is 11.5 Å². The van der Waals surface area contributed by atoms with Crippen molar-refractivity contribution in [2.24, 2.45) is 0 Å². The van der Waals surface area contributed by atoms with Crippen molar-refractivity contribution in [1.82, 2.24) is 0 Å². The van der Waals surface area contributed by atoms with Gasteiger partial charge in [-0.3, -0.25) is 0 Å². The molecule has 0 aliphatic rings. The van der Waals surface area contributed by atoms with E-state index < -0.39 is 0 Å². The van der Waals surface area contributed by atoms with Crippen LogP contribution in [0.5, 0.6) is 23.0 Å². The maximum absolute atomic E-state index is 6.24. The molecule has 0 aliphatic heterocycles. The summed E-state index contributed by atoms with van der Waals surface area (Å²) in [7, 11) is 3.27. The Balaban J connectivity index is 2.62. The molecule has 4 heteroatoms. The maximum Gasteiger partial charge on any atom is 0.204 e. The van der Waals surface area contributed by atoms with Crippen molar-refractivity contribution < 1.29 is 14.2 Å². The third kappa shape index (κ3) is 2.93. The van der Waals surface area contributed by atoms with Gasteiger partial charge in [-0.1, -0.05) is 22.0 Å². The van der Waals surface area contributed by atoms with Crippen LogP contribution in [0.1, 0.15) is 22.3 Å². The van der Waals surface area contributed by atoms with E-state index in [2.05, 4.69) is 15.9 Å². The van der Waals surface area contributed by atoms with Gasteiger partial charge < -0.3 is 14.2 Å². The second-order valence-electron chi connectivity index (χ2n) is 5.33. The second kappa shape index (κ2) is 6.61. The standard InChI is InChI=1S/C18H21BrO3/c1-10-7-8-14(19)13(4)15(10)22-17-12(3)9-11(2)16(20-5)18(17)21-6/h7-9H,1-6H3. The van der Waals surface area contributed by atoms with Crippen molar-refractivity contribution in [3.8, 4) is 23.0 Å². The Morgan fingerprint density at radius 2 is 1.32 bits per heavy atom. The van der Waals surface area contributed by atoms with Gasteiger partial charge in [0, 0.05) is 10.0 Å². The molecule has 0 saturated heterocycles. The zero-order valence-electron chi connectivity index (χ0n) is 13.8. The summed E-state index contributed by atoms with van der Waals surface area (Å²) < 4.78 is 18.3. The van der Waals surface area contributed by atoms with E-state index in [1.54, 1.807) is 14.2 Å². The first-order valence-corrected chi connectivity index (χ1v) is 7.85. The van der Waals surface area contributed by atoms with Crippen LogP contribution < -0.4 is 14.2 Å². The fourth-order valence-corrected chi connectivity index (χ4v) is 2.86. The van der Waals surface area contributed by atoms with Crippen LogP contribution in [-0.2, 0) is 0 Å². The van der Waals surface area contributed by atoms with Crippen LogP contribution >= 0.6 is 15.9 Å². The molecule has 2 rings (SSSR count). The van der Waals surface area contributed by atoms with Crippen molar-refractivity contribution in [3.63, 3.8) is 0 Å². The minimum atomic E-state index is 0.624. The predicted octanol–water partition coefficient (Wildman–Crippen LogP) is 5.49. The molecule has 0 saturated carbocycles. The normalized spacial score (nSPS) is 10.5. The van der Waals surface area contributed by atoms with Crippen LogP contribution in [-0.4, -0.2) is 14.2 Å². The van der Waals surface area contributed by atoms with Crippen LogP contribution in [0.15, 0.2) is 22.7 Å². The lowest BCUT2D eigenvalue weighted by atomic mass is 10.1. The highest BCUT2D eigenvalue weighted by Crippen LogP contribution is 2.45. The third-order valence-electron chi connectivity index (χ3n) is 3.71. The van der Waals surface area contributed by atoms with Crippen molar-refractivity contribution in [2.45, 2.75) is 27.7 Å². The molecule has 118 valence electrons. The molecule has 0 heterocycles. The molecule has 22 heavy (non-hydrogen) atoms. The van der Waals surface area contributed by atoms with E-state index in [0.29, 0.717) is 17.2 Å². The van der Waals surface area contributed by atoms with E-state index in [0.717, 1.165) is 32.5 Å². The quantitative estimate of drug-likeness (QED) is 0.717. The van der Waals surface area contributed by atoms with Crippen LogP contribution in [0.3, 0.4) is 0 Å².